The van der Waals surface area contributed by atoms with Crippen LogP contribution in [0.1, 0.15) is 35.1 Å². The van der Waals surface area contributed by atoms with Crippen LogP contribution in [0.4, 0.5) is 4.39 Å². The number of methoxy groups -OCH3 is 1. The van der Waals surface area contributed by atoms with Gasteiger partial charge in [-0.1, -0.05) is 41.6 Å². The van der Waals surface area contributed by atoms with Crippen molar-refractivity contribution in [3.63, 3.8) is 0 Å². The molecule has 1 atom stereocenters. The Morgan fingerprint density at radius 1 is 1.22 bits per heavy atom. The zero-order chi connectivity index (χ0) is 18.8. The minimum Gasteiger partial charge on any atom is -0.496 e. The molecular formula is C20H18FN3O3. The summed E-state index contributed by atoms with van der Waals surface area (Å²) < 4.78 is 24.9. The summed E-state index contributed by atoms with van der Waals surface area (Å²) in [6.07, 6.45) is 1.45. The van der Waals surface area contributed by atoms with Crippen LogP contribution >= 0.6 is 0 Å². The highest BCUT2D eigenvalue weighted by molar-refractivity contribution is 5.97. The Balaban J connectivity index is 1.64. The fourth-order valence-corrected chi connectivity index (χ4v) is 3.37. The van der Waals surface area contributed by atoms with Crippen molar-refractivity contribution in [1.82, 2.24) is 15.0 Å². The number of benzene rings is 2. The number of rotatable bonds is 4. The second-order valence-corrected chi connectivity index (χ2v) is 6.30. The van der Waals surface area contributed by atoms with Gasteiger partial charge in [0, 0.05) is 12.1 Å². The largest absolute Gasteiger partial charge is 0.496 e. The van der Waals surface area contributed by atoms with Crippen molar-refractivity contribution in [3.05, 3.63) is 65.8 Å². The van der Waals surface area contributed by atoms with Crippen LogP contribution in [0.15, 0.2) is 53.1 Å². The molecule has 0 spiro atoms. The van der Waals surface area contributed by atoms with Gasteiger partial charge in [-0.2, -0.15) is 4.98 Å². The van der Waals surface area contributed by atoms with Crippen LogP contribution in [0.2, 0.25) is 0 Å². The molecule has 6 nitrogen and oxygen atoms in total. The van der Waals surface area contributed by atoms with Gasteiger partial charge in [-0.25, -0.2) is 4.39 Å². The number of halogens is 1. The van der Waals surface area contributed by atoms with E-state index in [0.29, 0.717) is 24.7 Å². The van der Waals surface area contributed by atoms with Gasteiger partial charge in [0.15, 0.2) is 0 Å². The summed E-state index contributed by atoms with van der Waals surface area (Å²) in [6, 6.07) is 13.4. The van der Waals surface area contributed by atoms with E-state index in [-0.39, 0.29) is 17.4 Å². The molecular weight excluding hydrogens is 349 g/mol. The summed E-state index contributed by atoms with van der Waals surface area (Å²) in [4.78, 5) is 19.1. The highest BCUT2D eigenvalue weighted by atomic mass is 19.1. The van der Waals surface area contributed by atoms with E-state index in [1.165, 1.54) is 19.2 Å². The van der Waals surface area contributed by atoms with E-state index in [4.69, 9.17) is 9.26 Å². The number of ether oxygens (including phenoxy) is 1. The summed E-state index contributed by atoms with van der Waals surface area (Å²) in [7, 11) is 1.41. The first-order valence-corrected chi connectivity index (χ1v) is 8.71. The van der Waals surface area contributed by atoms with E-state index in [1.54, 1.807) is 11.0 Å². The first kappa shape index (κ1) is 17.2. The molecule has 1 aliphatic heterocycles. The normalized spacial score (nSPS) is 16.5. The van der Waals surface area contributed by atoms with Crippen LogP contribution in [0.5, 0.6) is 5.75 Å². The van der Waals surface area contributed by atoms with E-state index in [9.17, 15) is 9.18 Å². The second-order valence-electron chi connectivity index (χ2n) is 6.30. The molecule has 0 aliphatic carbocycles. The number of hydrogen-bond acceptors (Lipinski definition) is 5. The molecule has 3 aromatic rings. The molecule has 0 radical (unpaired) electrons. The van der Waals surface area contributed by atoms with Crippen LogP contribution in [-0.4, -0.2) is 34.6 Å². The average Bonchev–Trinajstić information content (AvgIpc) is 3.37. The topological polar surface area (TPSA) is 68.5 Å². The molecule has 1 fully saturated rings. The minimum atomic E-state index is -0.611. The summed E-state index contributed by atoms with van der Waals surface area (Å²) in [6.45, 7) is 0.490. The lowest BCUT2D eigenvalue weighted by molar-refractivity contribution is 0.0701. The lowest BCUT2D eigenvalue weighted by Gasteiger charge is -2.23. The van der Waals surface area contributed by atoms with Gasteiger partial charge in [0.1, 0.15) is 23.2 Å². The molecule has 1 aromatic heterocycles. The molecule has 2 heterocycles. The van der Waals surface area contributed by atoms with Crippen LogP contribution in [-0.2, 0) is 0 Å². The Hall–Kier alpha value is -3.22. The van der Waals surface area contributed by atoms with Crippen LogP contribution < -0.4 is 4.74 Å². The van der Waals surface area contributed by atoms with E-state index in [1.807, 2.05) is 30.3 Å². The number of likely N-dealkylation sites (tertiary alicyclic amines) is 1. The fraction of sp³-hybridized carbons (Fsp3) is 0.250. The predicted octanol–water partition coefficient (Wildman–Crippen LogP) is 3.86. The highest BCUT2D eigenvalue weighted by Gasteiger charge is 2.36. The van der Waals surface area contributed by atoms with Gasteiger partial charge < -0.3 is 14.2 Å². The zero-order valence-electron chi connectivity index (χ0n) is 14.8. The molecule has 138 valence electrons. The third-order valence-corrected chi connectivity index (χ3v) is 4.68. The zero-order valence-corrected chi connectivity index (χ0v) is 14.8. The number of hydrogen-bond donors (Lipinski definition) is 0. The molecule has 0 unspecified atom stereocenters. The number of amides is 1. The van der Waals surface area contributed by atoms with Crippen LogP contribution in [0.25, 0.3) is 11.4 Å². The molecule has 0 bridgehead atoms. The Morgan fingerprint density at radius 3 is 2.81 bits per heavy atom. The summed E-state index contributed by atoms with van der Waals surface area (Å²) in [5.41, 5.74) is 0.758. The van der Waals surface area contributed by atoms with Crippen molar-refractivity contribution >= 4 is 5.91 Å². The fourth-order valence-electron chi connectivity index (χ4n) is 3.37. The van der Waals surface area contributed by atoms with Gasteiger partial charge in [-0.15, -0.1) is 0 Å². The number of carbonyl (C=O) groups excluding carboxylic acids is 1. The highest BCUT2D eigenvalue weighted by Crippen LogP contribution is 2.35. The van der Waals surface area contributed by atoms with Crippen molar-refractivity contribution in [2.75, 3.05) is 13.7 Å². The summed E-state index contributed by atoms with van der Waals surface area (Å²) in [5.74, 6) is -0.0167. The van der Waals surface area contributed by atoms with E-state index in [0.717, 1.165) is 12.0 Å². The first-order valence-electron chi connectivity index (χ1n) is 8.71. The number of nitrogens with zero attached hydrogens (tertiary/aromatic N) is 3. The average molecular weight is 367 g/mol. The Morgan fingerprint density at radius 2 is 2.04 bits per heavy atom. The Labute approximate surface area is 155 Å². The van der Waals surface area contributed by atoms with Crippen molar-refractivity contribution in [2.24, 2.45) is 0 Å². The van der Waals surface area contributed by atoms with Crippen molar-refractivity contribution < 1.29 is 18.4 Å². The van der Waals surface area contributed by atoms with Crippen molar-refractivity contribution in [1.29, 1.82) is 0 Å². The van der Waals surface area contributed by atoms with E-state index < -0.39 is 11.7 Å². The van der Waals surface area contributed by atoms with Gasteiger partial charge in [-0.05, 0) is 25.0 Å². The second kappa shape index (κ2) is 7.19. The number of aromatic nitrogens is 2. The minimum absolute atomic E-state index is 0.0744. The monoisotopic (exact) mass is 367 g/mol. The van der Waals surface area contributed by atoms with Crippen LogP contribution in [0, 0.1) is 5.82 Å². The Bertz CT molecular complexity index is 958. The molecule has 27 heavy (non-hydrogen) atoms. The van der Waals surface area contributed by atoms with Gasteiger partial charge in [-0.3, -0.25) is 4.79 Å². The quantitative estimate of drug-likeness (QED) is 0.700. The molecule has 4 rings (SSSR count). The third-order valence-electron chi connectivity index (χ3n) is 4.68. The molecule has 0 N–H and O–H groups in total. The smallest absolute Gasteiger partial charge is 0.261 e. The Kier molecular flexibility index (Phi) is 4.58. The van der Waals surface area contributed by atoms with E-state index in [2.05, 4.69) is 10.1 Å². The van der Waals surface area contributed by atoms with Gasteiger partial charge in [0.05, 0.1) is 7.11 Å². The first-order chi connectivity index (χ1) is 13.2. The van der Waals surface area contributed by atoms with E-state index >= 15 is 0 Å². The van der Waals surface area contributed by atoms with Gasteiger partial charge in [0.25, 0.3) is 5.91 Å². The molecule has 1 aliphatic rings. The maximum Gasteiger partial charge on any atom is 0.261 e. The maximum absolute atomic E-state index is 14.3. The maximum atomic E-state index is 14.3. The summed E-state index contributed by atoms with van der Waals surface area (Å²) in [5, 5.41) is 4.03. The summed E-state index contributed by atoms with van der Waals surface area (Å²) >= 11 is 0. The molecule has 2 aromatic carbocycles. The molecule has 7 heteroatoms. The van der Waals surface area contributed by atoms with Crippen molar-refractivity contribution in [2.45, 2.75) is 18.9 Å². The lowest BCUT2D eigenvalue weighted by Crippen LogP contribution is -2.31. The number of carbonyl (C=O) groups is 1. The molecule has 0 saturated carbocycles. The molecule has 1 saturated heterocycles. The third kappa shape index (κ3) is 3.16. The van der Waals surface area contributed by atoms with Crippen LogP contribution in [0.3, 0.4) is 0 Å². The SMILES string of the molecule is COc1cccc(F)c1C(=O)N1CCC[C@@H]1c1nc(-c2ccccc2)no1. The standard InChI is InChI=1S/C20H18FN3O3/c1-26-16-11-5-9-14(21)17(16)20(25)24-12-6-10-15(24)19-22-18(23-27-19)13-7-3-2-4-8-13/h2-5,7-9,11,15H,6,10,12H2,1H3/t15-/m1/s1. The van der Waals surface area contributed by atoms with Crippen molar-refractivity contribution in [3.8, 4) is 17.1 Å². The predicted molar refractivity (Wildman–Crippen MR) is 95.7 cm³/mol. The van der Waals surface area contributed by atoms with Gasteiger partial charge in [0.2, 0.25) is 11.7 Å². The van der Waals surface area contributed by atoms with Gasteiger partial charge >= 0.3 is 0 Å². The lowest BCUT2D eigenvalue weighted by atomic mass is 10.1. The molecule has 1 amide bonds.